The molecule has 0 spiro atoms. The van der Waals surface area contributed by atoms with Crippen LogP contribution in [0.5, 0.6) is 0 Å². The van der Waals surface area contributed by atoms with Gasteiger partial charge in [-0.25, -0.2) is 8.42 Å². The number of aliphatic hydroxyl groups is 1. The fraction of sp³-hybridized carbons (Fsp3) is 0.647. The van der Waals surface area contributed by atoms with Crippen LogP contribution in [-0.4, -0.2) is 30.1 Å². The van der Waals surface area contributed by atoms with Crippen molar-refractivity contribution < 1.29 is 13.5 Å². The van der Waals surface area contributed by atoms with Crippen LogP contribution in [0.15, 0.2) is 35.2 Å². The van der Waals surface area contributed by atoms with Crippen molar-refractivity contribution in [1.82, 2.24) is 4.31 Å². The molecule has 0 amide bonds. The first kappa shape index (κ1) is 14.7. The van der Waals surface area contributed by atoms with Gasteiger partial charge in [0.2, 0.25) is 10.0 Å². The van der Waals surface area contributed by atoms with Crippen molar-refractivity contribution in [3.63, 3.8) is 0 Å². The molecule has 3 saturated carbocycles. The van der Waals surface area contributed by atoms with Gasteiger partial charge in [-0.3, -0.25) is 0 Å². The SMILES string of the molecule is CC1(C)[C@H]2C[C@H]3[C@H](CC(O)N3S(=O)(=O)c3ccccc3)[C@@H]1C2. The lowest BCUT2D eigenvalue weighted by Gasteiger charge is -2.61. The molecule has 4 aliphatic rings. The first-order valence-electron chi connectivity index (χ1n) is 8.10. The second-order valence-electron chi connectivity index (χ2n) is 7.69. The molecule has 0 radical (unpaired) electrons. The average Bonchev–Trinajstić information content (AvgIpc) is 2.84. The molecule has 5 rings (SSSR count). The van der Waals surface area contributed by atoms with Gasteiger partial charge in [0.15, 0.2) is 0 Å². The maximum Gasteiger partial charge on any atom is 0.245 e. The summed E-state index contributed by atoms with van der Waals surface area (Å²) in [4.78, 5) is 0.285. The molecule has 5 atom stereocenters. The molecule has 2 bridgehead atoms. The summed E-state index contributed by atoms with van der Waals surface area (Å²) in [6.07, 6.45) is 1.78. The molecule has 1 N–H and O–H groups in total. The summed E-state index contributed by atoms with van der Waals surface area (Å²) in [5, 5.41) is 10.5. The van der Waals surface area contributed by atoms with Crippen molar-refractivity contribution in [2.24, 2.45) is 23.2 Å². The highest BCUT2D eigenvalue weighted by atomic mass is 32.2. The Morgan fingerprint density at radius 3 is 2.45 bits per heavy atom. The van der Waals surface area contributed by atoms with Crippen LogP contribution in [0, 0.1) is 23.2 Å². The van der Waals surface area contributed by atoms with E-state index in [0.29, 0.717) is 29.6 Å². The zero-order chi connectivity index (χ0) is 15.7. The minimum absolute atomic E-state index is 0.0306. The normalized spacial score (nSPS) is 40.0. The Morgan fingerprint density at radius 2 is 1.82 bits per heavy atom. The predicted octanol–water partition coefficient (Wildman–Crippen LogP) is 2.45. The standard InChI is InChI=1S/C17H23NO3S/c1-17(2)11-8-14(17)13-10-16(19)18(15(13)9-11)22(20,21)12-6-4-3-5-7-12/h3-7,11,13-16,19H,8-10H2,1-2H3/t11-,13-,14+,15+,16?/m1/s1. The Kier molecular flexibility index (Phi) is 3.04. The van der Waals surface area contributed by atoms with Gasteiger partial charge in [-0.05, 0) is 54.6 Å². The maximum absolute atomic E-state index is 12.9. The monoisotopic (exact) mass is 321 g/mol. The van der Waals surface area contributed by atoms with Crippen LogP contribution in [0.4, 0.5) is 0 Å². The highest BCUT2D eigenvalue weighted by Gasteiger charge is 2.63. The molecule has 1 aromatic rings. The zero-order valence-corrected chi connectivity index (χ0v) is 13.8. The summed E-state index contributed by atoms with van der Waals surface area (Å²) in [6, 6.07) is 8.46. The second kappa shape index (κ2) is 4.56. The Labute approximate surface area is 132 Å². The molecule has 22 heavy (non-hydrogen) atoms. The van der Waals surface area contributed by atoms with E-state index in [0.717, 1.165) is 6.42 Å². The van der Waals surface area contributed by atoms with Crippen LogP contribution in [-0.2, 0) is 10.0 Å². The molecule has 120 valence electrons. The highest BCUT2D eigenvalue weighted by molar-refractivity contribution is 7.89. The minimum atomic E-state index is -3.62. The van der Waals surface area contributed by atoms with E-state index >= 15 is 0 Å². The van der Waals surface area contributed by atoms with Gasteiger partial charge in [0, 0.05) is 6.04 Å². The van der Waals surface area contributed by atoms with Gasteiger partial charge in [0.05, 0.1) is 4.90 Å². The molecule has 5 heteroatoms. The lowest BCUT2D eigenvalue weighted by Crippen LogP contribution is -2.59. The van der Waals surface area contributed by atoms with Crippen LogP contribution in [0.1, 0.15) is 33.1 Å². The van der Waals surface area contributed by atoms with E-state index in [-0.39, 0.29) is 10.9 Å². The summed E-state index contributed by atoms with van der Waals surface area (Å²) in [6.45, 7) is 4.59. The fourth-order valence-electron chi connectivity index (χ4n) is 5.15. The van der Waals surface area contributed by atoms with Crippen LogP contribution in [0.2, 0.25) is 0 Å². The van der Waals surface area contributed by atoms with E-state index in [1.54, 1.807) is 30.3 Å². The Bertz CT molecular complexity index is 685. The Morgan fingerprint density at radius 1 is 1.14 bits per heavy atom. The van der Waals surface area contributed by atoms with Crippen molar-refractivity contribution >= 4 is 10.0 Å². The number of sulfonamides is 1. The zero-order valence-electron chi connectivity index (χ0n) is 13.0. The number of hydrogen-bond donors (Lipinski definition) is 1. The first-order chi connectivity index (χ1) is 10.3. The average molecular weight is 321 g/mol. The van der Waals surface area contributed by atoms with Crippen molar-refractivity contribution in [1.29, 1.82) is 0 Å². The quantitative estimate of drug-likeness (QED) is 0.910. The number of aliphatic hydroxyl groups excluding tert-OH is 1. The van der Waals surface area contributed by atoms with Gasteiger partial charge in [0.25, 0.3) is 0 Å². The van der Waals surface area contributed by atoms with Gasteiger partial charge in [-0.2, -0.15) is 4.31 Å². The first-order valence-corrected chi connectivity index (χ1v) is 9.54. The third-order valence-corrected chi connectivity index (χ3v) is 8.44. The third kappa shape index (κ3) is 1.79. The molecule has 1 heterocycles. The van der Waals surface area contributed by atoms with E-state index in [1.807, 2.05) is 0 Å². The topological polar surface area (TPSA) is 57.6 Å². The van der Waals surface area contributed by atoms with Crippen molar-refractivity contribution in [3.8, 4) is 0 Å². The van der Waals surface area contributed by atoms with Crippen molar-refractivity contribution in [3.05, 3.63) is 30.3 Å². The molecule has 1 aliphatic heterocycles. The van der Waals surface area contributed by atoms with E-state index in [9.17, 15) is 13.5 Å². The number of hydrogen-bond acceptors (Lipinski definition) is 3. The molecule has 0 aromatic heterocycles. The summed E-state index contributed by atoms with van der Waals surface area (Å²) < 4.78 is 27.3. The number of rotatable bonds is 2. The Balaban J connectivity index is 1.70. The van der Waals surface area contributed by atoms with Gasteiger partial charge in [-0.1, -0.05) is 32.0 Å². The summed E-state index contributed by atoms with van der Waals surface area (Å²) in [5.41, 5.74) is 0.299. The fourth-order valence-corrected chi connectivity index (χ4v) is 6.90. The molecule has 4 nitrogen and oxygen atoms in total. The molecular weight excluding hydrogens is 298 g/mol. The number of benzene rings is 1. The molecular formula is C17H23NO3S. The highest BCUT2D eigenvalue weighted by Crippen LogP contribution is 2.65. The van der Waals surface area contributed by atoms with E-state index in [4.69, 9.17) is 0 Å². The third-order valence-electron chi connectivity index (χ3n) is 6.51. The molecule has 1 saturated heterocycles. The summed E-state index contributed by atoms with van der Waals surface area (Å²) >= 11 is 0. The van der Waals surface area contributed by atoms with Crippen molar-refractivity contribution in [2.45, 2.75) is 50.3 Å². The lowest BCUT2D eigenvalue weighted by atomic mass is 9.44. The Hall–Kier alpha value is -0.910. The van der Waals surface area contributed by atoms with Crippen LogP contribution in [0.25, 0.3) is 0 Å². The van der Waals surface area contributed by atoms with Crippen LogP contribution in [0.3, 0.4) is 0 Å². The summed E-state index contributed by atoms with van der Waals surface area (Å²) in [7, 11) is -3.62. The lowest BCUT2D eigenvalue weighted by molar-refractivity contribution is -0.117. The smallest absolute Gasteiger partial charge is 0.245 e. The van der Waals surface area contributed by atoms with Gasteiger partial charge >= 0.3 is 0 Å². The molecule has 1 unspecified atom stereocenters. The van der Waals surface area contributed by atoms with E-state index < -0.39 is 16.3 Å². The summed E-state index contributed by atoms with van der Waals surface area (Å²) in [5.74, 6) is 1.42. The maximum atomic E-state index is 12.9. The van der Waals surface area contributed by atoms with Crippen LogP contribution < -0.4 is 0 Å². The van der Waals surface area contributed by atoms with Crippen LogP contribution >= 0.6 is 0 Å². The van der Waals surface area contributed by atoms with Crippen molar-refractivity contribution in [2.75, 3.05) is 0 Å². The van der Waals surface area contributed by atoms with Gasteiger partial charge in [-0.15, -0.1) is 0 Å². The largest absolute Gasteiger partial charge is 0.377 e. The molecule has 1 aromatic carbocycles. The van der Waals surface area contributed by atoms with E-state index in [2.05, 4.69) is 13.8 Å². The second-order valence-corrected chi connectivity index (χ2v) is 9.53. The predicted molar refractivity (Wildman–Crippen MR) is 83.4 cm³/mol. The van der Waals surface area contributed by atoms with E-state index in [1.165, 1.54) is 10.7 Å². The van der Waals surface area contributed by atoms with Gasteiger partial charge in [0.1, 0.15) is 6.23 Å². The number of nitrogens with zero attached hydrogens (tertiary/aromatic N) is 1. The molecule has 4 fully saturated rings. The molecule has 3 aliphatic carbocycles. The minimum Gasteiger partial charge on any atom is -0.377 e. The van der Waals surface area contributed by atoms with Gasteiger partial charge < -0.3 is 5.11 Å².